The monoisotopic (exact) mass is 279 g/mol. The van der Waals surface area contributed by atoms with Crippen LogP contribution in [0.2, 0.25) is 0 Å². The Labute approximate surface area is 118 Å². The van der Waals surface area contributed by atoms with E-state index < -0.39 is 6.29 Å². The van der Waals surface area contributed by atoms with Crippen LogP contribution in [0.15, 0.2) is 24.3 Å². The van der Waals surface area contributed by atoms with Crippen LogP contribution in [0, 0.1) is 0 Å². The van der Waals surface area contributed by atoms with E-state index in [-0.39, 0.29) is 17.8 Å². The van der Waals surface area contributed by atoms with Gasteiger partial charge < -0.3 is 20.3 Å². The number of hydrogen-bond acceptors (Lipinski definition) is 4. The molecule has 1 aliphatic rings. The number of nitrogens with one attached hydrogen (secondary N) is 1. The molecule has 20 heavy (non-hydrogen) atoms. The molecule has 3 N–H and O–H groups in total. The van der Waals surface area contributed by atoms with Gasteiger partial charge in [-0.2, -0.15) is 0 Å². The third-order valence-electron chi connectivity index (χ3n) is 3.35. The van der Waals surface area contributed by atoms with Crippen molar-refractivity contribution >= 4 is 11.6 Å². The van der Waals surface area contributed by atoms with E-state index >= 15 is 0 Å². The summed E-state index contributed by atoms with van der Waals surface area (Å²) in [6.07, 6.45) is 4.87. The number of carbonyl (C=O) groups is 1. The topological polar surface area (TPSA) is 82.1 Å². The molecular formula is C15H21NO4. The molecule has 0 radical (unpaired) electrons. The summed E-state index contributed by atoms with van der Waals surface area (Å²) in [5.41, 5.74) is 0.702. The molecule has 1 aromatic rings. The van der Waals surface area contributed by atoms with Gasteiger partial charge in [0, 0.05) is 12.1 Å². The van der Waals surface area contributed by atoms with Crippen molar-refractivity contribution in [3.63, 3.8) is 0 Å². The Kier molecular flexibility index (Phi) is 5.38. The number of phenols is 1. The normalized spacial score (nSPS) is 20.6. The molecule has 0 saturated carbocycles. The number of phenolic OH excluding ortho intramolecular Hbond substituents is 1. The first-order valence-corrected chi connectivity index (χ1v) is 7.07. The molecule has 1 aliphatic heterocycles. The number of unbranched alkanes of at least 4 members (excludes halogenated alkanes) is 3. The highest BCUT2D eigenvalue weighted by molar-refractivity contribution is 5.90. The van der Waals surface area contributed by atoms with Crippen LogP contribution in [-0.2, 0) is 9.53 Å². The van der Waals surface area contributed by atoms with Crippen molar-refractivity contribution < 1.29 is 19.7 Å². The molecule has 0 aliphatic carbocycles. The number of ether oxygens (including phenoxy) is 1. The second-order valence-electron chi connectivity index (χ2n) is 5.11. The van der Waals surface area contributed by atoms with Crippen molar-refractivity contribution in [1.29, 1.82) is 0 Å². The fourth-order valence-corrected chi connectivity index (χ4v) is 2.10. The standard InChI is InChI=1S/C15H21NO4/c17-12-9-7-11(8-10-12)16-14(18)6-4-2-1-3-5-13-15(19)20-13/h7-10,13,15,17,19H,1-6H2,(H,16,18). The van der Waals surface area contributed by atoms with Crippen LogP contribution in [0.4, 0.5) is 5.69 Å². The molecule has 1 aromatic carbocycles. The predicted molar refractivity (Wildman–Crippen MR) is 75.3 cm³/mol. The molecule has 0 spiro atoms. The van der Waals surface area contributed by atoms with E-state index in [1.54, 1.807) is 24.3 Å². The zero-order chi connectivity index (χ0) is 14.4. The zero-order valence-electron chi connectivity index (χ0n) is 11.4. The van der Waals surface area contributed by atoms with E-state index in [1.165, 1.54) is 0 Å². The van der Waals surface area contributed by atoms with Crippen LogP contribution in [0.5, 0.6) is 5.75 Å². The summed E-state index contributed by atoms with van der Waals surface area (Å²) in [6, 6.07) is 6.44. The minimum absolute atomic E-state index is 0.00311. The van der Waals surface area contributed by atoms with Crippen LogP contribution < -0.4 is 5.32 Å². The number of rotatable bonds is 8. The van der Waals surface area contributed by atoms with E-state index in [4.69, 9.17) is 14.9 Å². The Bertz CT molecular complexity index is 432. The second kappa shape index (κ2) is 7.26. The molecule has 1 saturated heterocycles. The molecule has 2 rings (SSSR count). The van der Waals surface area contributed by atoms with Crippen LogP contribution in [0.25, 0.3) is 0 Å². The van der Waals surface area contributed by atoms with Gasteiger partial charge in [-0.3, -0.25) is 4.79 Å². The maximum absolute atomic E-state index is 11.7. The summed E-state index contributed by atoms with van der Waals surface area (Å²) in [7, 11) is 0. The maximum atomic E-state index is 11.7. The average Bonchev–Trinajstić information content (AvgIpc) is 3.12. The van der Waals surface area contributed by atoms with Crippen molar-refractivity contribution in [3.8, 4) is 5.75 Å². The first kappa shape index (κ1) is 14.8. The third kappa shape index (κ3) is 5.19. The Morgan fingerprint density at radius 2 is 1.80 bits per heavy atom. The van der Waals surface area contributed by atoms with Crippen molar-refractivity contribution in [2.24, 2.45) is 0 Å². The molecule has 5 heteroatoms. The Balaban J connectivity index is 1.50. The highest BCUT2D eigenvalue weighted by Gasteiger charge is 2.35. The van der Waals surface area contributed by atoms with Gasteiger partial charge in [-0.25, -0.2) is 0 Å². The number of hydrogen-bond donors (Lipinski definition) is 3. The average molecular weight is 279 g/mol. The predicted octanol–water partition coefficient (Wildman–Crippen LogP) is 2.39. The lowest BCUT2D eigenvalue weighted by molar-refractivity contribution is -0.116. The molecule has 2 atom stereocenters. The fourth-order valence-electron chi connectivity index (χ4n) is 2.10. The third-order valence-corrected chi connectivity index (χ3v) is 3.35. The first-order chi connectivity index (χ1) is 9.65. The van der Waals surface area contributed by atoms with Crippen LogP contribution in [-0.4, -0.2) is 28.5 Å². The van der Waals surface area contributed by atoms with E-state index in [9.17, 15) is 4.79 Å². The van der Waals surface area contributed by atoms with Gasteiger partial charge in [0.2, 0.25) is 5.91 Å². The number of benzene rings is 1. The molecule has 1 fully saturated rings. The number of aliphatic hydroxyl groups excluding tert-OH is 1. The lowest BCUT2D eigenvalue weighted by atomic mass is 10.1. The smallest absolute Gasteiger partial charge is 0.224 e. The summed E-state index contributed by atoms with van der Waals surface area (Å²) in [4.78, 5) is 11.7. The first-order valence-electron chi connectivity index (χ1n) is 7.07. The quantitative estimate of drug-likeness (QED) is 0.387. The van der Waals surface area contributed by atoms with Crippen molar-refractivity contribution in [2.45, 2.75) is 50.9 Å². The number of carbonyl (C=O) groups excluding carboxylic acids is 1. The molecular weight excluding hydrogens is 258 g/mol. The summed E-state index contributed by atoms with van der Waals surface area (Å²) < 4.78 is 4.91. The van der Waals surface area contributed by atoms with Crippen LogP contribution in [0.1, 0.15) is 38.5 Å². The molecule has 1 heterocycles. The van der Waals surface area contributed by atoms with Crippen LogP contribution in [0.3, 0.4) is 0 Å². The lowest BCUT2D eigenvalue weighted by Gasteiger charge is -2.05. The van der Waals surface area contributed by atoms with Crippen molar-refractivity contribution in [2.75, 3.05) is 5.32 Å². The highest BCUT2D eigenvalue weighted by Crippen LogP contribution is 2.24. The van der Waals surface area contributed by atoms with Gasteiger partial charge >= 0.3 is 0 Å². The minimum atomic E-state index is -0.536. The second-order valence-corrected chi connectivity index (χ2v) is 5.11. The van der Waals surface area contributed by atoms with Gasteiger partial charge in [0.25, 0.3) is 0 Å². The Morgan fingerprint density at radius 1 is 1.15 bits per heavy atom. The van der Waals surface area contributed by atoms with E-state index in [0.29, 0.717) is 12.1 Å². The van der Waals surface area contributed by atoms with E-state index in [2.05, 4.69) is 5.32 Å². The molecule has 5 nitrogen and oxygen atoms in total. The van der Waals surface area contributed by atoms with Gasteiger partial charge in [-0.05, 0) is 37.1 Å². The minimum Gasteiger partial charge on any atom is -0.508 e. The molecule has 110 valence electrons. The number of aromatic hydroxyl groups is 1. The van der Waals surface area contributed by atoms with Crippen molar-refractivity contribution in [1.82, 2.24) is 0 Å². The summed E-state index contributed by atoms with van der Waals surface area (Å²) in [6.45, 7) is 0. The fraction of sp³-hybridized carbons (Fsp3) is 0.533. The Morgan fingerprint density at radius 3 is 2.45 bits per heavy atom. The zero-order valence-corrected chi connectivity index (χ0v) is 11.4. The molecule has 0 aromatic heterocycles. The molecule has 1 amide bonds. The number of aliphatic hydroxyl groups is 1. The SMILES string of the molecule is O=C(CCCCCCC1OC1O)Nc1ccc(O)cc1. The van der Waals surface area contributed by atoms with E-state index in [1.807, 2.05) is 0 Å². The number of epoxide rings is 1. The van der Waals surface area contributed by atoms with Gasteiger partial charge in [0.15, 0.2) is 6.29 Å². The summed E-state index contributed by atoms with van der Waals surface area (Å²) in [5.74, 6) is 0.185. The Hall–Kier alpha value is -1.59. The summed E-state index contributed by atoms with van der Waals surface area (Å²) >= 11 is 0. The molecule has 2 unspecified atom stereocenters. The lowest BCUT2D eigenvalue weighted by Crippen LogP contribution is -2.10. The number of anilines is 1. The maximum Gasteiger partial charge on any atom is 0.224 e. The van der Waals surface area contributed by atoms with Gasteiger partial charge in [-0.1, -0.05) is 19.3 Å². The van der Waals surface area contributed by atoms with Crippen LogP contribution >= 0.6 is 0 Å². The van der Waals surface area contributed by atoms with Gasteiger partial charge in [-0.15, -0.1) is 0 Å². The van der Waals surface area contributed by atoms with Crippen molar-refractivity contribution in [3.05, 3.63) is 24.3 Å². The number of amides is 1. The molecule has 0 bridgehead atoms. The van der Waals surface area contributed by atoms with Gasteiger partial charge in [0.1, 0.15) is 11.9 Å². The summed E-state index contributed by atoms with van der Waals surface area (Å²) in [5, 5.41) is 20.9. The largest absolute Gasteiger partial charge is 0.508 e. The highest BCUT2D eigenvalue weighted by atomic mass is 16.7. The van der Waals surface area contributed by atoms with E-state index in [0.717, 1.165) is 32.1 Å². The van der Waals surface area contributed by atoms with Gasteiger partial charge in [0.05, 0.1) is 0 Å².